The Balaban J connectivity index is 1.87. The number of aromatic nitrogens is 4. The zero-order valence-electron chi connectivity index (χ0n) is 14.0. The number of ketones is 1. The van der Waals surface area contributed by atoms with Crippen LogP contribution in [0, 0.1) is 13.8 Å². The highest BCUT2D eigenvalue weighted by Crippen LogP contribution is 2.32. The Morgan fingerprint density at radius 3 is 2.75 bits per heavy atom. The first-order valence-corrected chi connectivity index (χ1v) is 8.47. The van der Waals surface area contributed by atoms with Gasteiger partial charge in [0.2, 0.25) is 5.78 Å². The van der Waals surface area contributed by atoms with Gasteiger partial charge in [-0.15, -0.1) is 0 Å². The average molecular weight is 320 g/mol. The van der Waals surface area contributed by atoms with E-state index in [2.05, 4.69) is 15.1 Å². The topological polar surface area (TPSA) is 60.7 Å². The molecule has 122 valence electrons. The van der Waals surface area contributed by atoms with Crippen molar-refractivity contribution < 1.29 is 4.79 Å². The molecule has 2 aromatic heterocycles. The van der Waals surface area contributed by atoms with Gasteiger partial charge >= 0.3 is 0 Å². The lowest BCUT2D eigenvalue weighted by molar-refractivity contribution is 0.103. The van der Waals surface area contributed by atoms with Crippen molar-refractivity contribution in [2.45, 2.75) is 45.6 Å². The maximum absolute atomic E-state index is 13.0. The van der Waals surface area contributed by atoms with E-state index in [0.717, 1.165) is 29.4 Å². The Morgan fingerprint density at radius 2 is 2.00 bits per heavy atom. The van der Waals surface area contributed by atoms with Crippen molar-refractivity contribution in [3.05, 3.63) is 53.1 Å². The van der Waals surface area contributed by atoms with Crippen LogP contribution in [0.5, 0.6) is 0 Å². The van der Waals surface area contributed by atoms with Crippen LogP contribution < -0.4 is 0 Å². The third-order valence-electron chi connectivity index (χ3n) is 4.73. The highest BCUT2D eigenvalue weighted by atomic mass is 16.1. The third-order valence-corrected chi connectivity index (χ3v) is 4.73. The molecule has 0 saturated heterocycles. The largest absolute Gasteiger partial charge is 0.287 e. The molecule has 0 radical (unpaired) electrons. The summed E-state index contributed by atoms with van der Waals surface area (Å²) in [4.78, 5) is 21.9. The van der Waals surface area contributed by atoms with E-state index >= 15 is 0 Å². The van der Waals surface area contributed by atoms with Crippen LogP contribution in [0.4, 0.5) is 0 Å². The molecule has 2 heterocycles. The molecule has 5 nitrogen and oxygen atoms in total. The number of benzene rings is 1. The predicted octanol–water partition coefficient (Wildman–Crippen LogP) is 3.79. The Labute approximate surface area is 140 Å². The lowest BCUT2D eigenvalue weighted by Crippen LogP contribution is -2.09. The molecule has 1 saturated carbocycles. The zero-order valence-corrected chi connectivity index (χ0v) is 14.0. The molecule has 4 rings (SSSR count). The molecule has 1 aliphatic carbocycles. The molecular formula is C19H20N4O. The minimum Gasteiger partial charge on any atom is -0.287 e. The van der Waals surface area contributed by atoms with E-state index in [1.807, 2.05) is 42.8 Å². The second-order valence-electron chi connectivity index (χ2n) is 6.58. The molecule has 1 aliphatic rings. The first-order valence-electron chi connectivity index (χ1n) is 8.47. The number of carbonyl (C=O) groups excluding carboxylic acids is 1. The van der Waals surface area contributed by atoms with Crippen LogP contribution >= 0.6 is 0 Å². The highest BCUT2D eigenvalue weighted by molar-refractivity contribution is 6.14. The summed E-state index contributed by atoms with van der Waals surface area (Å²) >= 11 is 0. The first-order chi connectivity index (χ1) is 11.6. The van der Waals surface area contributed by atoms with Gasteiger partial charge in [0.15, 0.2) is 5.65 Å². The number of hydrogen-bond donors (Lipinski definition) is 0. The fourth-order valence-corrected chi connectivity index (χ4v) is 3.50. The van der Waals surface area contributed by atoms with Crippen molar-refractivity contribution in [3.8, 4) is 0 Å². The first kappa shape index (κ1) is 15.0. The fourth-order valence-electron chi connectivity index (χ4n) is 3.50. The standard InChI is InChI=1S/C19H20N4O/c1-12-6-5-7-14(10-12)18(24)17-16-11-20-13(2)21-19(16)23(22-17)15-8-3-4-9-15/h5-7,10-11,15H,3-4,8-9H2,1-2H3. The maximum atomic E-state index is 13.0. The Bertz CT molecular complexity index is 922. The summed E-state index contributed by atoms with van der Waals surface area (Å²) < 4.78 is 1.96. The second-order valence-corrected chi connectivity index (χ2v) is 6.58. The van der Waals surface area contributed by atoms with Gasteiger partial charge in [0.1, 0.15) is 11.5 Å². The van der Waals surface area contributed by atoms with Crippen molar-refractivity contribution >= 4 is 16.8 Å². The molecule has 0 aliphatic heterocycles. The van der Waals surface area contributed by atoms with Crippen LogP contribution in [0.1, 0.15) is 59.2 Å². The average Bonchev–Trinajstić information content (AvgIpc) is 3.21. The SMILES string of the molecule is Cc1cccc(C(=O)c2nn(C3CCCC3)c3nc(C)ncc23)c1. The molecule has 0 bridgehead atoms. The summed E-state index contributed by atoms with van der Waals surface area (Å²) in [6.07, 6.45) is 6.34. The van der Waals surface area contributed by atoms with Gasteiger partial charge in [0.05, 0.1) is 11.4 Å². The molecule has 0 spiro atoms. The summed E-state index contributed by atoms with van der Waals surface area (Å²) in [6, 6.07) is 7.96. The Hall–Kier alpha value is -2.56. The van der Waals surface area contributed by atoms with Gasteiger partial charge in [-0.2, -0.15) is 5.10 Å². The Kier molecular flexibility index (Phi) is 3.63. The van der Waals surface area contributed by atoms with E-state index in [4.69, 9.17) is 0 Å². The number of aryl methyl sites for hydroxylation is 2. The number of carbonyl (C=O) groups is 1. The predicted molar refractivity (Wildman–Crippen MR) is 92.2 cm³/mol. The van der Waals surface area contributed by atoms with Gasteiger partial charge in [0.25, 0.3) is 0 Å². The zero-order chi connectivity index (χ0) is 16.7. The lowest BCUT2D eigenvalue weighted by Gasteiger charge is -2.10. The summed E-state index contributed by atoms with van der Waals surface area (Å²) in [7, 11) is 0. The molecule has 24 heavy (non-hydrogen) atoms. The molecule has 0 amide bonds. The molecule has 1 aromatic carbocycles. The van der Waals surface area contributed by atoms with Gasteiger partial charge in [-0.05, 0) is 32.8 Å². The van der Waals surface area contributed by atoms with Crippen LogP contribution in [-0.4, -0.2) is 25.5 Å². The summed E-state index contributed by atoms with van der Waals surface area (Å²) in [5.74, 6) is 0.643. The van der Waals surface area contributed by atoms with Gasteiger partial charge < -0.3 is 0 Å². The lowest BCUT2D eigenvalue weighted by atomic mass is 10.0. The van der Waals surface area contributed by atoms with Crippen LogP contribution in [0.2, 0.25) is 0 Å². The van der Waals surface area contributed by atoms with Crippen molar-refractivity contribution in [1.29, 1.82) is 0 Å². The normalized spacial score (nSPS) is 15.2. The van der Waals surface area contributed by atoms with E-state index in [1.54, 1.807) is 6.20 Å². The van der Waals surface area contributed by atoms with Crippen molar-refractivity contribution in [1.82, 2.24) is 19.7 Å². The molecule has 5 heteroatoms. The van der Waals surface area contributed by atoms with Crippen molar-refractivity contribution in [2.24, 2.45) is 0 Å². The summed E-state index contributed by atoms with van der Waals surface area (Å²) in [5.41, 5.74) is 2.97. The minimum absolute atomic E-state index is 0.0621. The maximum Gasteiger partial charge on any atom is 0.213 e. The quantitative estimate of drug-likeness (QED) is 0.689. The molecular weight excluding hydrogens is 300 g/mol. The number of nitrogens with zero attached hydrogens (tertiary/aromatic N) is 4. The van der Waals surface area contributed by atoms with Gasteiger partial charge in [-0.1, -0.05) is 36.6 Å². The smallest absolute Gasteiger partial charge is 0.213 e. The van der Waals surface area contributed by atoms with E-state index in [0.29, 0.717) is 23.1 Å². The number of rotatable bonds is 3. The van der Waals surface area contributed by atoms with Crippen LogP contribution in [0.15, 0.2) is 30.5 Å². The van der Waals surface area contributed by atoms with Crippen LogP contribution in [-0.2, 0) is 0 Å². The monoisotopic (exact) mass is 320 g/mol. The molecule has 1 fully saturated rings. The van der Waals surface area contributed by atoms with E-state index in [1.165, 1.54) is 12.8 Å². The van der Waals surface area contributed by atoms with E-state index in [-0.39, 0.29) is 5.78 Å². The molecule has 0 unspecified atom stereocenters. The van der Waals surface area contributed by atoms with Gasteiger partial charge in [0, 0.05) is 11.8 Å². The van der Waals surface area contributed by atoms with Crippen molar-refractivity contribution in [2.75, 3.05) is 0 Å². The highest BCUT2D eigenvalue weighted by Gasteiger charge is 2.25. The summed E-state index contributed by atoms with van der Waals surface area (Å²) in [5, 5.41) is 5.43. The second kappa shape index (κ2) is 5.82. The summed E-state index contributed by atoms with van der Waals surface area (Å²) in [6.45, 7) is 3.85. The fraction of sp³-hybridized carbons (Fsp3) is 0.368. The third kappa shape index (κ3) is 2.50. The number of fused-ring (bicyclic) bond motifs is 1. The molecule has 0 N–H and O–H groups in total. The van der Waals surface area contributed by atoms with Crippen LogP contribution in [0.25, 0.3) is 11.0 Å². The van der Waals surface area contributed by atoms with E-state index < -0.39 is 0 Å². The molecule has 0 atom stereocenters. The van der Waals surface area contributed by atoms with Gasteiger partial charge in [-0.25, -0.2) is 14.6 Å². The Morgan fingerprint density at radius 1 is 1.21 bits per heavy atom. The van der Waals surface area contributed by atoms with E-state index in [9.17, 15) is 4.79 Å². The van der Waals surface area contributed by atoms with Gasteiger partial charge in [-0.3, -0.25) is 4.79 Å². The van der Waals surface area contributed by atoms with Crippen LogP contribution in [0.3, 0.4) is 0 Å². The number of hydrogen-bond acceptors (Lipinski definition) is 4. The van der Waals surface area contributed by atoms with Crippen molar-refractivity contribution in [3.63, 3.8) is 0 Å². The minimum atomic E-state index is -0.0621. The molecule has 3 aromatic rings.